The number of carbonyl (C=O) groups excluding carboxylic acids is 1. The van der Waals surface area contributed by atoms with Crippen LogP contribution < -0.4 is 5.32 Å². The molecule has 29 heavy (non-hydrogen) atoms. The van der Waals surface area contributed by atoms with Gasteiger partial charge in [-0.25, -0.2) is 4.79 Å². The van der Waals surface area contributed by atoms with Crippen LogP contribution in [0.4, 0.5) is 13.2 Å². The van der Waals surface area contributed by atoms with Crippen molar-refractivity contribution in [3.63, 3.8) is 0 Å². The molecule has 0 spiro atoms. The zero-order valence-electron chi connectivity index (χ0n) is 15.9. The molecule has 3 aliphatic rings. The Bertz CT molecular complexity index is 694. The molecular weight excluding hydrogens is 409 g/mol. The summed E-state index contributed by atoms with van der Waals surface area (Å²) >= 11 is 1.77. The zero-order valence-corrected chi connectivity index (χ0v) is 16.7. The summed E-state index contributed by atoms with van der Waals surface area (Å²) < 4.78 is 37.7. The molecule has 3 heterocycles. The highest BCUT2D eigenvalue weighted by molar-refractivity contribution is 7.07. The Balaban J connectivity index is 0.000000298. The van der Waals surface area contributed by atoms with E-state index in [1.54, 1.807) is 11.3 Å². The minimum Gasteiger partial charge on any atom is -0.475 e. The van der Waals surface area contributed by atoms with Crippen LogP contribution in [0.15, 0.2) is 16.8 Å². The molecule has 1 aromatic rings. The second-order valence-corrected chi connectivity index (χ2v) is 8.55. The summed E-state index contributed by atoms with van der Waals surface area (Å²) in [6.07, 6.45) is -1.52. The number of fused-ring (bicyclic) bond motifs is 1. The summed E-state index contributed by atoms with van der Waals surface area (Å²) in [5, 5.41) is 14.6. The van der Waals surface area contributed by atoms with Crippen molar-refractivity contribution in [3.05, 3.63) is 22.4 Å². The summed E-state index contributed by atoms with van der Waals surface area (Å²) in [5.41, 5.74) is 1.43. The van der Waals surface area contributed by atoms with Gasteiger partial charge in [-0.15, -0.1) is 0 Å². The number of piperidine rings is 1. The number of amides is 1. The van der Waals surface area contributed by atoms with Crippen molar-refractivity contribution in [2.24, 2.45) is 17.8 Å². The van der Waals surface area contributed by atoms with Gasteiger partial charge >= 0.3 is 12.1 Å². The predicted octanol–water partition coefficient (Wildman–Crippen LogP) is 2.74. The first-order valence-corrected chi connectivity index (χ1v) is 10.6. The van der Waals surface area contributed by atoms with Crippen molar-refractivity contribution in [1.29, 1.82) is 0 Å². The Morgan fingerprint density at radius 1 is 1.31 bits per heavy atom. The highest BCUT2D eigenvalue weighted by Gasteiger charge is 2.41. The average molecular weight is 434 g/mol. The fraction of sp³-hybridized carbons (Fsp3) is 0.684. The lowest BCUT2D eigenvalue weighted by atomic mass is 9.84. The molecule has 1 saturated carbocycles. The topological polar surface area (TPSA) is 78.9 Å². The number of alkyl halides is 3. The third kappa shape index (κ3) is 6.42. The Hall–Kier alpha value is -1.65. The van der Waals surface area contributed by atoms with Gasteiger partial charge in [0.15, 0.2) is 0 Å². The number of carboxylic acid groups (broad SMARTS) is 1. The van der Waals surface area contributed by atoms with Gasteiger partial charge in [0.05, 0.1) is 12.7 Å². The van der Waals surface area contributed by atoms with Crippen LogP contribution in [0.25, 0.3) is 0 Å². The van der Waals surface area contributed by atoms with Gasteiger partial charge in [0.2, 0.25) is 5.91 Å². The molecule has 2 aliphatic heterocycles. The minimum atomic E-state index is -5.08. The number of hydrogen-bond acceptors (Lipinski definition) is 5. The van der Waals surface area contributed by atoms with Gasteiger partial charge in [-0.2, -0.15) is 24.5 Å². The van der Waals surface area contributed by atoms with Crippen molar-refractivity contribution in [3.8, 4) is 0 Å². The lowest BCUT2D eigenvalue weighted by molar-refractivity contribution is -0.192. The summed E-state index contributed by atoms with van der Waals surface area (Å²) in [7, 11) is 0. The smallest absolute Gasteiger partial charge is 0.475 e. The van der Waals surface area contributed by atoms with Crippen LogP contribution in [-0.4, -0.2) is 60.4 Å². The second kappa shape index (κ2) is 9.44. The molecule has 3 atom stereocenters. The monoisotopic (exact) mass is 434 g/mol. The molecular formula is C19H25F3N2O4S. The van der Waals surface area contributed by atoms with Crippen LogP contribution >= 0.6 is 11.3 Å². The van der Waals surface area contributed by atoms with E-state index in [1.165, 1.54) is 12.0 Å². The van der Waals surface area contributed by atoms with Crippen LogP contribution in [-0.2, 0) is 20.9 Å². The quantitative estimate of drug-likeness (QED) is 0.745. The van der Waals surface area contributed by atoms with Gasteiger partial charge in [0.1, 0.15) is 0 Å². The number of aliphatic carboxylic acids is 1. The van der Waals surface area contributed by atoms with Crippen molar-refractivity contribution >= 4 is 23.2 Å². The molecule has 0 unspecified atom stereocenters. The normalized spacial score (nSPS) is 26.9. The van der Waals surface area contributed by atoms with Gasteiger partial charge in [0.25, 0.3) is 0 Å². The van der Waals surface area contributed by atoms with E-state index in [2.05, 4.69) is 27.0 Å². The SMILES string of the molecule is O=C(NC[C@@H]1OC[C@H]2CN(Cc3ccsc3)CC[C@H]21)C1CC1.O=C(O)C(F)(F)F. The average Bonchev–Trinajstić information content (AvgIpc) is 3.25. The van der Waals surface area contributed by atoms with Crippen LogP contribution in [0.2, 0.25) is 0 Å². The van der Waals surface area contributed by atoms with E-state index in [1.807, 2.05) is 0 Å². The molecule has 1 aliphatic carbocycles. The predicted molar refractivity (Wildman–Crippen MR) is 100 cm³/mol. The fourth-order valence-corrected chi connectivity index (χ4v) is 4.51. The number of nitrogens with zero attached hydrogens (tertiary/aromatic N) is 1. The maximum Gasteiger partial charge on any atom is 0.490 e. The first kappa shape index (κ1) is 22.0. The van der Waals surface area contributed by atoms with Gasteiger partial charge in [0, 0.05) is 31.5 Å². The maximum atomic E-state index is 11.8. The first-order chi connectivity index (χ1) is 13.7. The summed E-state index contributed by atoms with van der Waals surface area (Å²) in [6.45, 7) is 4.91. The van der Waals surface area contributed by atoms with Gasteiger partial charge in [-0.3, -0.25) is 9.69 Å². The van der Waals surface area contributed by atoms with E-state index < -0.39 is 12.1 Å². The number of thiophene rings is 1. The van der Waals surface area contributed by atoms with E-state index in [0.717, 1.165) is 39.1 Å². The molecule has 4 rings (SSSR count). The third-order valence-corrected chi connectivity index (χ3v) is 6.27. The van der Waals surface area contributed by atoms with Crippen LogP contribution in [0.1, 0.15) is 24.8 Å². The number of rotatable bonds is 5. The summed E-state index contributed by atoms with van der Waals surface area (Å²) in [6, 6.07) is 2.22. The number of likely N-dealkylation sites (tertiary alicyclic amines) is 1. The van der Waals surface area contributed by atoms with E-state index in [0.29, 0.717) is 24.3 Å². The lowest BCUT2D eigenvalue weighted by Gasteiger charge is -2.35. The van der Waals surface area contributed by atoms with Crippen molar-refractivity contribution < 1.29 is 32.6 Å². The number of carboxylic acids is 1. The maximum absolute atomic E-state index is 11.8. The molecule has 10 heteroatoms. The molecule has 0 aromatic carbocycles. The standard InChI is InChI=1S/C17H24N2O2S.C2HF3O2/c20-17(13-1-2-13)18-7-16-15-3-5-19(9-14(15)10-21-16)8-12-4-6-22-11-12;3-2(4,5)1(6)7/h4,6,11,13-16H,1-3,5,7-10H2,(H,18,20);(H,6,7)/t14-,15-,16+;/m1./s1. The highest BCUT2D eigenvalue weighted by Crippen LogP contribution is 2.35. The van der Waals surface area contributed by atoms with E-state index >= 15 is 0 Å². The molecule has 2 saturated heterocycles. The molecule has 162 valence electrons. The number of carbonyl (C=O) groups is 2. The number of hydrogen-bond donors (Lipinski definition) is 2. The molecule has 2 N–H and O–H groups in total. The number of halogens is 3. The van der Waals surface area contributed by atoms with Crippen molar-refractivity contribution in [2.45, 2.75) is 38.1 Å². The summed E-state index contributed by atoms with van der Waals surface area (Å²) in [5.74, 6) is -0.965. The van der Waals surface area contributed by atoms with E-state index in [9.17, 15) is 18.0 Å². The largest absolute Gasteiger partial charge is 0.490 e. The Morgan fingerprint density at radius 3 is 2.62 bits per heavy atom. The van der Waals surface area contributed by atoms with Gasteiger partial charge in [-0.05, 0) is 54.1 Å². The Labute approximate surface area is 171 Å². The fourth-order valence-electron chi connectivity index (χ4n) is 3.85. The second-order valence-electron chi connectivity index (χ2n) is 7.77. The molecule has 1 aromatic heterocycles. The highest BCUT2D eigenvalue weighted by atomic mass is 32.1. The number of ether oxygens (including phenoxy) is 1. The van der Waals surface area contributed by atoms with Crippen molar-refractivity contribution in [1.82, 2.24) is 10.2 Å². The summed E-state index contributed by atoms with van der Waals surface area (Å²) in [4.78, 5) is 23.2. The van der Waals surface area contributed by atoms with Crippen LogP contribution in [0.5, 0.6) is 0 Å². The number of nitrogens with one attached hydrogen (secondary N) is 1. The minimum absolute atomic E-state index is 0.232. The molecule has 0 bridgehead atoms. The van der Waals surface area contributed by atoms with Gasteiger partial charge < -0.3 is 15.2 Å². The molecule has 0 radical (unpaired) electrons. The third-order valence-electron chi connectivity index (χ3n) is 5.53. The van der Waals surface area contributed by atoms with Crippen molar-refractivity contribution in [2.75, 3.05) is 26.2 Å². The Kier molecular flexibility index (Phi) is 7.18. The van der Waals surface area contributed by atoms with Crippen LogP contribution in [0.3, 0.4) is 0 Å². The lowest BCUT2D eigenvalue weighted by Crippen LogP contribution is -2.43. The van der Waals surface area contributed by atoms with E-state index in [4.69, 9.17) is 14.6 Å². The van der Waals surface area contributed by atoms with Gasteiger partial charge in [-0.1, -0.05) is 0 Å². The first-order valence-electron chi connectivity index (χ1n) is 9.67. The van der Waals surface area contributed by atoms with E-state index in [-0.39, 0.29) is 12.0 Å². The molecule has 6 nitrogen and oxygen atoms in total. The molecule has 1 amide bonds. The van der Waals surface area contributed by atoms with Crippen LogP contribution in [0, 0.1) is 17.8 Å². The Morgan fingerprint density at radius 2 is 2.03 bits per heavy atom. The molecule has 3 fully saturated rings. The zero-order chi connectivity index (χ0) is 21.0.